The predicted molar refractivity (Wildman–Crippen MR) is 175 cm³/mol. The monoisotopic (exact) mass is 717 g/mol. The molecule has 3 saturated heterocycles. The van der Waals surface area contributed by atoms with Crippen molar-refractivity contribution >= 4 is 40.4 Å². The lowest BCUT2D eigenvalue weighted by molar-refractivity contribution is -0.259. The van der Waals surface area contributed by atoms with Crippen molar-refractivity contribution in [3.8, 4) is 11.1 Å². The Labute approximate surface area is 286 Å². The van der Waals surface area contributed by atoms with Gasteiger partial charge < -0.3 is 19.7 Å². The fourth-order valence-corrected chi connectivity index (χ4v) is 8.75. The van der Waals surface area contributed by atoms with Crippen LogP contribution in [0.5, 0.6) is 0 Å². The molecular formula is C34H32F5N5O5S. The fourth-order valence-electron chi connectivity index (χ4n) is 7.43. The summed E-state index contributed by atoms with van der Waals surface area (Å²) in [7, 11) is 0. The molecular weight excluding hydrogens is 685 g/mol. The van der Waals surface area contributed by atoms with Crippen LogP contribution in [0, 0.1) is 11.6 Å². The normalized spacial score (nSPS) is 26.3. The Morgan fingerprint density at radius 3 is 2.52 bits per heavy atom. The third-order valence-electron chi connectivity index (χ3n) is 9.65. The van der Waals surface area contributed by atoms with Crippen LogP contribution < -0.4 is 15.9 Å². The average molecular weight is 718 g/mol. The number of benzene rings is 2. The van der Waals surface area contributed by atoms with Crippen molar-refractivity contribution in [2.24, 2.45) is 0 Å². The molecule has 5 atom stereocenters. The molecule has 10 nitrogen and oxygen atoms in total. The molecule has 16 heteroatoms. The highest BCUT2D eigenvalue weighted by molar-refractivity contribution is 7.99. The number of halogens is 5. The minimum absolute atomic E-state index is 0.0475. The van der Waals surface area contributed by atoms with E-state index in [2.05, 4.69) is 21.6 Å². The number of carbonyl (C=O) groups is 2. The second-order valence-electron chi connectivity index (χ2n) is 13.0. The first-order chi connectivity index (χ1) is 23.7. The number of nitrogens with zero attached hydrogens (tertiary/aromatic N) is 4. The molecule has 1 N–H and O–H groups in total. The van der Waals surface area contributed by atoms with Crippen molar-refractivity contribution in [3.05, 3.63) is 76.8 Å². The molecule has 0 bridgehead atoms. The molecule has 5 heterocycles. The Balaban J connectivity index is 1.37. The molecule has 0 saturated carbocycles. The number of thioether (sulfide) groups is 1. The number of hydrogen-bond donors (Lipinski definition) is 1. The largest absolute Gasteiger partial charge is 0.417 e. The Kier molecular flexibility index (Phi) is 8.64. The molecule has 2 unspecified atom stereocenters. The number of fused-ring (bicyclic) bond motifs is 1. The molecule has 3 fully saturated rings. The van der Waals surface area contributed by atoms with Crippen LogP contribution in [0.15, 0.2) is 58.8 Å². The van der Waals surface area contributed by atoms with E-state index in [1.54, 1.807) is 11.0 Å². The summed E-state index contributed by atoms with van der Waals surface area (Å²) in [5.41, 5.74) is -3.25. The van der Waals surface area contributed by atoms with E-state index in [-0.39, 0.29) is 58.7 Å². The van der Waals surface area contributed by atoms with Crippen molar-refractivity contribution in [3.63, 3.8) is 0 Å². The minimum Gasteiger partial charge on any atom is -0.387 e. The summed E-state index contributed by atoms with van der Waals surface area (Å²) < 4.78 is 85.8. The van der Waals surface area contributed by atoms with Crippen molar-refractivity contribution in [2.75, 3.05) is 43.4 Å². The predicted octanol–water partition coefficient (Wildman–Crippen LogP) is 4.46. The highest BCUT2D eigenvalue weighted by atomic mass is 32.2. The van der Waals surface area contributed by atoms with Gasteiger partial charge in [-0.15, -0.1) is 11.8 Å². The lowest BCUT2D eigenvalue weighted by Gasteiger charge is -2.64. The van der Waals surface area contributed by atoms with Crippen molar-refractivity contribution in [2.45, 2.75) is 54.7 Å². The van der Waals surface area contributed by atoms with Crippen LogP contribution in [0.3, 0.4) is 0 Å². The topological polar surface area (TPSA) is 106 Å². The molecule has 3 aromatic rings. The Hall–Kier alpha value is -4.12. The SMILES string of the molecule is C=CC(=O)OC(=O)/C=C/C12COC1CN2C[C@H]1CSc2c(-c3ccc(F)cc3F)c(C(F)(F)F)cc3c(N4C[C@@H](C)N[C@@H](C)C4)nc(=O)n1c23. The summed E-state index contributed by atoms with van der Waals surface area (Å²) in [5.74, 6) is -3.67. The summed E-state index contributed by atoms with van der Waals surface area (Å²) >= 11 is 1.07. The summed E-state index contributed by atoms with van der Waals surface area (Å²) in [6, 6.07) is 2.63. The number of likely N-dealkylation sites (tertiary alicyclic amines) is 1. The van der Waals surface area contributed by atoms with E-state index in [1.165, 1.54) is 4.57 Å². The van der Waals surface area contributed by atoms with E-state index in [1.807, 2.05) is 18.7 Å². The molecule has 0 aliphatic carbocycles. The van der Waals surface area contributed by atoms with E-state index in [0.717, 1.165) is 42.1 Å². The highest BCUT2D eigenvalue weighted by Gasteiger charge is 2.60. The summed E-state index contributed by atoms with van der Waals surface area (Å²) in [5, 5.41) is 3.46. The van der Waals surface area contributed by atoms with Crippen molar-refractivity contribution in [1.29, 1.82) is 0 Å². The lowest BCUT2D eigenvalue weighted by Crippen LogP contribution is -2.80. The van der Waals surface area contributed by atoms with Gasteiger partial charge in [-0.25, -0.2) is 23.2 Å². The molecule has 50 heavy (non-hydrogen) atoms. The number of morpholine rings is 1. The van der Waals surface area contributed by atoms with E-state index in [0.29, 0.717) is 25.7 Å². The van der Waals surface area contributed by atoms with Gasteiger partial charge in [0.15, 0.2) is 0 Å². The molecule has 0 radical (unpaired) electrons. The molecule has 4 aliphatic rings. The molecule has 4 aliphatic heterocycles. The second-order valence-corrected chi connectivity index (χ2v) is 14.1. The van der Waals surface area contributed by atoms with Gasteiger partial charge >= 0.3 is 23.8 Å². The number of rotatable bonds is 7. The van der Waals surface area contributed by atoms with Gasteiger partial charge in [0.05, 0.1) is 35.4 Å². The van der Waals surface area contributed by atoms with Crippen LogP contribution in [-0.4, -0.2) is 88.7 Å². The zero-order chi connectivity index (χ0) is 35.7. The minimum atomic E-state index is -4.94. The summed E-state index contributed by atoms with van der Waals surface area (Å²) in [6.07, 6.45) is -1.62. The third kappa shape index (κ3) is 5.81. The van der Waals surface area contributed by atoms with Gasteiger partial charge in [0.2, 0.25) is 0 Å². The molecule has 0 spiro atoms. The zero-order valence-corrected chi connectivity index (χ0v) is 27.7. The van der Waals surface area contributed by atoms with E-state index in [4.69, 9.17) is 4.74 Å². The van der Waals surface area contributed by atoms with Gasteiger partial charge in [-0.2, -0.15) is 18.2 Å². The van der Waals surface area contributed by atoms with Gasteiger partial charge in [0.25, 0.3) is 0 Å². The van der Waals surface area contributed by atoms with Crippen molar-refractivity contribution < 1.29 is 41.0 Å². The average Bonchev–Trinajstić information content (AvgIpc) is 3.03. The first kappa shape index (κ1) is 34.3. The summed E-state index contributed by atoms with van der Waals surface area (Å²) in [4.78, 5) is 46.0. The fraction of sp³-hybridized carbons (Fsp3) is 0.412. The number of piperazine rings is 1. The van der Waals surface area contributed by atoms with Crippen LogP contribution in [0.4, 0.5) is 27.8 Å². The van der Waals surface area contributed by atoms with Gasteiger partial charge in [0.1, 0.15) is 17.5 Å². The van der Waals surface area contributed by atoms with Crippen molar-refractivity contribution in [1.82, 2.24) is 19.8 Å². The number of nitrogens with one attached hydrogen (secondary N) is 1. The maximum absolute atomic E-state index is 15.3. The lowest BCUT2D eigenvalue weighted by atomic mass is 9.76. The number of esters is 2. The number of anilines is 1. The van der Waals surface area contributed by atoms with Crippen LogP contribution in [0.2, 0.25) is 0 Å². The zero-order valence-electron chi connectivity index (χ0n) is 26.9. The van der Waals surface area contributed by atoms with E-state index >= 15 is 4.39 Å². The molecule has 2 aromatic carbocycles. The Morgan fingerprint density at radius 2 is 1.90 bits per heavy atom. The quantitative estimate of drug-likeness (QED) is 0.163. The van der Waals surface area contributed by atoms with Crippen LogP contribution >= 0.6 is 11.8 Å². The van der Waals surface area contributed by atoms with E-state index in [9.17, 15) is 31.9 Å². The molecule has 1 aromatic heterocycles. The van der Waals surface area contributed by atoms with Crippen LogP contribution in [0.1, 0.15) is 25.5 Å². The number of carbonyl (C=O) groups excluding carboxylic acids is 2. The first-order valence-electron chi connectivity index (χ1n) is 15.9. The van der Waals surface area contributed by atoms with E-state index < -0.39 is 63.7 Å². The number of ether oxygens (including phenoxy) is 2. The number of aromatic nitrogens is 2. The number of alkyl halides is 3. The second kappa shape index (κ2) is 12.6. The standard InChI is InChI=1S/C34H32F5N5O5S/c1-4-26(45)49-27(46)7-8-33-16-48-25(33)14-43(33)13-20-15-50-30-28(21-6-5-19(35)9-24(21)36)23(34(37,38)39)10-22-29(30)44(20)32(47)41-31(22)42-11-17(2)40-18(3)12-42/h4-10,17-18,20,25,40H,1,11-16H2,2-3H3/b8-7+/t17-,18+,20-,25?,33?/m0/s1. The molecule has 0 amide bonds. The smallest absolute Gasteiger partial charge is 0.387 e. The summed E-state index contributed by atoms with van der Waals surface area (Å²) in [6.45, 7) is 8.77. The Bertz CT molecular complexity index is 2010. The number of hydrogen-bond acceptors (Lipinski definition) is 10. The highest BCUT2D eigenvalue weighted by Crippen LogP contribution is 2.51. The van der Waals surface area contributed by atoms with Gasteiger partial charge in [-0.05, 0) is 32.0 Å². The maximum Gasteiger partial charge on any atom is 0.417 e. The van der Waals surface area contributed by atoms with Crippen LogP contribution in [-0.2, 0) is 25.2 Å². The molecule has 264 valence electrons. The first-order valence-corrected chi connectivity index (χ1v) is 16.9. The Morgan fingerprint density at radius 1 is 1.16 bits per heavy atom. The van der Waals surface area contributed by atoms with Crippen LogP contribution in [0.25, 0.3) is 22.0 Å². The molecule has 7 rings (SSSR count). The van der Waals surface area contributed by atoms with Gasteiger partial charge in [-0.1, -0.05) is 12.7 Å². The maximum atomic E-state index is 15.3. The third-order valence-corrected chi connectivity index (χ3v) is 10.9. The van der Waals surface area contributed by atoms with Gasteiger partial charge in [-0.3, -0.25) is 9.47 Å². The van der Waals surface area contributed by atoms with Gasteiger partial charge in [0, 0.05) is 83.6 Å².